The molecule has 0 spiro atoms. The van der Waals surface area contributed by atoms with Crippen molar-refractivity contribution in [3.63, 3.8) is 0 Å². The molecule has 1 radical (unpaired) electrons. The molecule has 0 aromatic carbocycles. The van der Waals surface area contributed by atoms with Gasteiger partial charge < -0.3 is 5.32 Å². The monoisotopic (exact) mass is 135 g/mol. The van der Waals surface area contributed by atoms with Crippen LogP contribution in [0, 0.1) is 6.07 Å². The molecule has 0 bridgehead atoms. The first-order valence-corrected chi connectivity index (χ1v) is 2.89. The lowest BCUT2D eigenvalue weighted by Gasteiger charge is -1.94. The Hall–Kier alpha value is -1.38. The van der Waals surface area contributed by atoms with Crippen LogP contribution < -0.4 is 5.32 Å². The maximum atomic E-state index is 10.8. The maximum Gasteiger partial charge on any atom is 0.269 e. The van der Waals surface area contributed by atoms with Crippen LogP contribution in [0.1, 0.15) is 10.5 Å². The largest absolute Gasteiger partial charge is 0.354 e. The normalized spacial score (nSPS) is 8.90. The molecule has 1 aromatic rings. The molecule has 0 aliphatic rings. The highest BCUT2D eigenvalue weighted by Gasteiger charge is 2.00. The van der Waals surface area contributed by atoms with Crippen LogP contribution in [0.2, 0.25) is 0 Å². The second kappa shape index (κ2) is 2.96. The second-order valence-electron chi connectivity index (χ2n) is 1.72. The zero-order valence-corrected chi connectivity index (χ0v) is 5.59. The highest BCUT2D eigenvalue weighted by Crippen LogP contribution is 1.90. The number of nitrogens with zero attached hydrogens (tertiary/aromatic N) is 1. The first-order chi connectivity index (χ1) is 4.84. The van der Waals surface area contributed by atoms with E-state index in [1.165, 1.54) is 6.20 Å². The number of carbonyl (C=O) groups is 1. The molecule has 3 heteroatoms. The SMILES string of the molecule is CNC(=O)c1cc[c]cn1. The number of hydrogen-bond acceptors (Lipinski definition) is 2. The molecular formula is C7H7N2O. The van der Waals surface area contributed by atoms with E-state index in [9.17, 15) is 4.79 Å². The summed E-state index contributed by atoms with van der Waals surface area (Å²) >= 11 is 0. The number of carbonyl (C=O) groups excluding carboxylic acids is 1. The van der Waals surface area contributed by atoms with Gasteiger partial charge in [-0.1, -0.05) is 6.07 Å². The minimum absolute atomic E-state index is 0.172. The fourth-order valence-corrected chi connectivity index (χ4v) is 0.582. The average molecular weight is 135 g/mol. The van der Waals surface area contributed by atoms with Crippen LogP contribution in [0.5, 0.6) is 0 Å². The lowest BCUT2D eigenvalue weighted by atomic mass is 10.3. The number of amides is 1. The van der Waals surface area contributed by atoms with Gasteiger partial charge in [0.05, 0.1) is 0 Å². The average Bonchev–Trinajstić information content (AvgIpc) is 2.05. The summed E-state index contributed by atoms with van der Waals surface area (Å²) < 4.78 is 0. The third-order valence-corrected chi connectivity index (χ3v) is 1.08. The second-order valence-corrected chi connectivity index (χ2v) is 1.72. The van der Waals surface area contributed by atoms with Crippen molar-refractivity contribution >= 4 is 5.91 Å². The highest BCUT2D eigenvalue weighted by atomic mass is 16.1. The molecule has 1 heterocycles. The Labute approximate surface area is 59.1 Å². The van der Waals surface area contributed by atoms with Crippen molar-refractivity contribution in [3.05, 3.63) is 30.1 Å². The molecule has 0 saturated heterocycles. The number of rotatable bonds is 1. The summed E-state index contributed by atoms with van der Waals surface area (Å²) in [6.45, 7) is 0. The summed E-state index contributed by atoms with van der Waals surface area (Å²) in [5, 5.41) is 2.47. The molecule has 0 saturated carbocycles. The van der Waals surface area contributed by atoms with Gasteiger partial charge in [-0.25, -0.2) is 0 Å². The number of nitrogens with one attached hydrogen (secondary N) is 1. The van der Waals surface area contributed by atoms with Crippen molar-refractivity contribution in [1.82, 2.24) is 10.3 Å². The van der Waals surface area contributed by atoms with Gasteiger partial charge in [0.25, 0.3) is 5.91 Å². The molecule has 1 aromatic heterocycles. The van der Waals surface area contributed by atoms with Gasteiger partial charge in [-0.15, -0.1) is 0 Å². The van der Waals surface area contributed by atoms with Gasteiger partial charge in [0, 0.05) is 19.3 Å². The van der Waals surface area contributed by atoms with E-state index in [0.717, 1.165) is 0 Å². The van der Waals surface area contributed by atoms with E-state index in [2.05, 4.69) is 16.4 Å². The molecule has 0 unspecified atom stereocenters. The van der Waals surface area contributed by atoms with Crippen LogP contribution in [0.15, 0.2) is 18.3 Å². The summed E-state index contributed by atoms with van der Waals surface area (Å²) in [7, 11) is 1.57. The minimum atomic E-state index is -0.172. The molecule has 0 fully saturated rings. The van der Waals surface area contributed by atoms with E-state index >= 15 is 0 Å². The zero-order chi connectivity index (χ0) is 7.40. The molecule has 1 rings (SSSR count). The van der Waals surface area contributed by atoms with E-state index < -0.39 is 0 Å². The van der Waals surface area contributed by atoms with Crippen LogP contribution >= 0.6 is 0 Å². The van der Waals surface area contributed by atoms with Crippen LogP contribution in [0.3, 0.4) is 0 Å². The Morgan fingerprint density at radius 1 is 1.80 bits per heavy atom. The molecule has 0 aliphatic heterocycles. The fourth-order valence-electron chi connectivity index (χ4n) is 0.582. The van der Waals surface area contributed by atoms with E-state index in [-0.39, 0.29) is 5.91 Å². The van der Waals surface area contributed by atoms with Crippen molar-refractivity contribution < 1.29 is 4.79 Å². The van der Waals surface area contributed by atoms with Crippen molar-refractivity contribution in [2.24, 2.45) is 0 Å². The molecule has 51 valence electrons. The minimum Gasteiger partial charge on any atom is -0.354 e. The van der Waals surface area contributed by atoms with Crippen molar-refractivity contribution in [2.75, 3.05) is 7.05 Å². The van der Waals surface area contributed by atoms with E-state index in [4.69, 9.17) is 0 Å². The predicted octanol–water partition coefficient (Wildman–Crippen LogP) is 0.241. The van der Waals surface area contributed by atoms with Crippen molar-refractivity contribution in [1.29, 1.82) is 0 Å². The summed E-state index contributed by atoms with van der Waals surface area (Å²) in [5.41, 5.74) is 0.418. The summed E-state index contributed by atoms with van der Waals surface area (Å²) in [5.74, 6) is -0.172. The Balaban J connectivity index is 2.85. The molecule has 0 aliphatic carbocycles. The predicted molar refractivity (Wildman–Crippen MR) is 36.5 cm³/mol. The zero-order valence-electron chi connectivity index (χ0n) is 5.59. The van der Waals surface area contributed by atoms with Crippen LogP contribution in [0.4, 0.5) is 0 Å². The lowest BCUT2D eigenvalue weighted by Crippen LogP contribution is -2.18. The molecule has 3 nitrogen and oxygen atoms in total. The molecule has 0 atom stereocenters. The molecular weight excluding hydrogens is 128 g/mol. The van der Waals surface area contributed by atoms with Gasteiger partial charge in [-0.05, 0) is 6.07 Å². The number of aromatic nitrogens is 1. The Morgan fingerprint density at radius 2 is 2.60 bits per heavy atom. The highest BCUT2D eigenvalue weighted by molar-refractivity contribution is 5.91. The van der Waals surface area contributed by atoms with Crippen molar-refractivity contribution in [3.8, 4) is 0 Å². The lowest BCUT2D eigenvalue weighted by molar-refractivity contribution is 0.0958. The number of hydrogen-bond donors (Lipinski definition) is 1. The van der Waals surface area contributed by atoms with Crippen LogP contribution in [-0.4, -0.2) is 17.9 Å². The van der Waals surface area contributed by atoms with Gasteiger partial charge in [0.15, 0.2) is 0 Å². The maximum absolute atomic E-state index is 10.8. The van der Waals surface area contributed by atoms with Crippen LogP contribution in [-0.2, 0) is 0 Å². The van der Waals surface area contributed by atoms with Gasteiger partial charge in [0.1, 0.15) is 5.69 Å². The van der Waals surface area contributed by atoms with Gasteiger partial charge in [0.2, 0.25) is 0 Å². The Bertz CT molecular complexity index is 220. The topological polar surface area (TPSA) is 42.0 Å². The summed E-state index contributed by atoms with van der Waals surface area (Å²) in [4.78, 5) is 14.6. The molecule has 1 N–H and O–H groups in total. The van der Waals surface area contributed by atoms with E-state index in [1.807, 2.05) is 0 Å². The summed E-state index contributed by atoms with van der Waals surface area (Å²) in [6, 6.07) is 5.98. The van der Waals surface area contributed by atoms with Gasteiger partial charge >= 0.3 is 0 Å². The molecule has 10 heavy (non-hydrogen) atoms. The smallest absolute Gasteiger partial charge is 0.269 e. The standard InChI is InChI=1S/C7H7N2O/c1-8-7(10)6-4-2-3-5-9-6/h2,4-5H,1H3,(H,8,10). The third-order valence-electron chi connectivity index (χ3n) is 1.08. The van der Waals surface area contributed by atoms with E-state index in [1.54, 1.807) is 19.2 Å². The first kappa shape index (κ1) is 6.74. The third kappa shape index (κ3) is 1.31. The van der Waals surface area contributed by atoms with Crippen molar-refractivity contribution in [2.45, 2.75) is 0 Å². The summed E-state index contributed by atoms with van der Waals surface area (Å²) in [6.07, 6.45) is 1.46. The first-order valence-electron chi connectivity index (χ1n) is 2.89. The van der Waals surface area contributed by atoms with Crippen LogP contribution in [0.25, 0.3) is 0 Å². The Morgan fingerprint density at radius 3 is 3.10 bits per heavy atom. The quantitative estimate of drug-likeness (QED) is 0.599. The van der Waals surface area contributed by atoms with E-state index in [0.29, 0.717) is 5.69 Å². The van der Waals surface area contributed by atoms with Gasteiger partial charge in [-0.2, -0.15) is 0 Å². The number of pyridine rings is 1. The molecule has 1 amide bonds. The fraction of sp³-hybridized carbons (Fsp3) is 0.143. The van der Waals surface area contributed by atoms with Gasteiger partial charge in [-0.3, -0.25) is 9.78 Å². The Kier molecular flexibility index (Phi) is 1.99.